The van der Waals surface area contributed by atoms with E-state index < -0.39 is 0 Å². The molecule has 0 radical (unpaired) electrons. The summed E-state index contributed by atoms with van der Waals surface area (Å²) in [6.45, 7) is 2.83. The summed E-state index contributed by atoms with van der Waals surface area (Å²) >= 11 is 0. The zero-order chi connectivity index (χ0) is 13.8. The van der Waals surface area contributed by atoms with Gasteiger partial charge in [0.2, 0.25) is 5.91 Å². The van der Waals surface area contributed by atoms with Crippen LogP contribution < -0.4 is 16.0 Å². The molecule has 1 amide bonds. The van der Waals surface area contributed by atoms with Crippen molar-refractivity contribution >= 4 is 17.5 Å². The minimum Gasteiger partial charge on any atom is -0.373 e. The van der Waals surface area contributed by atoms with E-state index >= 15 is 0 Å². The summed E-state index contributed by atoms with van der Waals surface area (Å²) in [6.07, 6.45) is 3.66. The van der Waals surface area contributed by atoms with E-state index in [1.54, 1.807) is 0 Å². The summed E-state index contributed by atoms with van der Waals surface area (Å²) in [5.74, 6) is 2.06. The zero-order valence-corrected chi connectivity index (χ0v) is 11.5. The lowest BCUT2D eigenvalue weighted by atomic mass is 10.0. The molecule has 1 aromatic heterocycles. The average molecular weight is 263 g/mol. The number of hydrogen-bond acceptors (Lipinski definition) is 5. The van der Waals surface area contributed by atoms with Crippen molar-refractivity contribution in [1.29, 1.82) is 0 Å². The van der Waals surface area contributed by atoms with Gasteiger partial charge in [-0.25, -0.2) is 9.97 Å². The molecule has 1 aromatic rings. The third kappa shape index (κ3) is 2.94. The summed E-state index contributed by atoms with van der Waals surface area (Å²) in [7, 11) is 1.83. The van der Waals surface area contributed by atoms with Crippen molar-refractivity contribution in [2.45, 2.75) is 38.6 Å². The Hall–Kier alpha value is -1.85. The number of nitrogens with one attached hydrogen (secondary N) is 1. The van der Waals surface area contributed by atoms with Gasteiger partial charge in [-0.15, -0.1) is 0 Å². The van der Waals surface area contributed by atoms with Crippen LogP contribution in [0.2, 0.25) is 0 Å². The molecule has 2 rings (SSSR count). The number of aromatic nitrogens is 2. The number of hydrogen-bond donors (Lipinski definition) is 2. The molecule has 2 heterocycles. The highest BCUT2D eigenvalue weighted by Gasteiger charge is 2.28. The van der Waals surface area contributed by atoms with Crippen molar-refractivity contribution < 1.29 is 4.79 Å². The van der Waals surface area contributed by atoms with E-state index in [1.807, 2.05) is 24.9 Å². The molecule has 1 unspecified atom stereocenters. The molecule has 0 bridgehead atoms. The number of rotatable bonds is 4. The van der Waals surface area contributed by atoms with Gasteiger partial charge in [-0.2, -0.15) is 0 Å². The minimum atomic E-state index is -0.276. The van der Waals surface area contributed by atoms with Crippen LogP contribution in [0, 0.1) is 0 Å². The molecule has 6 heteroatoms. The normalized spacial score (nSPS) is 19.3. The van der Waals surface area contributed by atoms with Crippen LogP contribution in [0.3, 0.4) is 0 Å². The van der Waals surface area contributed by atoms with Gasteiger partial charge in [0.15, 0.2) is 0 Å². The third-order valence-electron chi connectivity index (χ3n) is 3.46. The van der Waals surface area contributed by atoms with E-state index in [0.717, 1.165) is 49.7 Å². The van der Waals surface area contributed by atoms with Gasteiger partial charge in [-0.1, -0.05) is 6.92 Å². The number of nitrogens with zero attached hydrogens (tertiary/aromatic N) is 3. The molecule has 1 fully saturated rings. The first-order chi connectivity index (χ1) is 9.15. The summed E-state index contributed by atoms with van der Waals surface area (Å²) in [6, 6.07) is 1.62. The lowest BCUT2D eigenvalue weighted by molar-refractivity contribution is -0.119. The lowest BCUT2D eigenvalue weighted by Crippen LogP contribution is -2.48. The molecule has 19 heavy (non-hydrogen) atoms. The summed E-state index contributed by atoms with van der Waals surface area (Å²) in [4.78, 5) is 22.5. The van der Waals surface area contributed by atoms with Crippen LogP contribution in [-0.2, 0) is 11.2 Å². The Morgan fingerprint density at radius 1 is 1.53 bits per heavy atom. The summed E-state index contributed by atoms with van der Waals surface area (Å²) in [5, 5.41) is 3.03. The number of carbonyl (C=O) groups excluding carboxylic acids is 1. The van der Waals surface area contributed by atoms with E-state index in [1.165, 1.54) is 0 Å². The SMILES string of the molecule is CCc1nc(NC)cc(N2CCCCC2C(N)=O)n1. The van der Waals surface area contributed by atoms with E-state index in [-0.39, 0.29) is 11.9 Å². The van der Waals surface area contributed by atoms with Crippen LogP contribution in [0.15, 0.2) is 6.07 Å². The van der Waals surface area contributed by atoms with Gasteiger partial charge in [-0.05, 0) is 19.3 Å². The highest BCUT2D eigenvalue weighted by molar-refractivity contribution is 5.83. The van der Waals surface area contributed by atoms with Crippen LogP contribution in [0.1, 0.15) is 32.0 Å². The predicted octanol–water partition coefficient (Wildman–Crippen LogP) is 0.925. The average Bonchev–Trinajstić information content (AvgIpc) is 2.46. The Morgan fingerprint density at radius 3 is 2.95 bits per heavy atom. The fraction of sp³-hybridized carbons (Fsp3) is 0.615. The fourth-order valence-corrected chi connectivity index (χ4v) is 2.42. The third-order valence-corrected chi connectivity index (χ3v) is 3.46. The summed E-state index contributed by atoms with van der Waals surface area (Å²) < 4.78 is 0. The summed E-state index contributed by atoms with van der Waals surface area (Å²) in [5.41, 5.74) is 5.50. The van der Waals surface area contributed by atoms with Gasteiger partial charge in [0.25, 0.3) is 0 Å². The second kappa shape index (κ2) is 5.86. The fourth-order valence-electron chi connectivity index (χ4n) is 2.42. The predicted molar refractivity (Wildman–Crippen MR) is 75.1 cm³/mol. The molecule has 3 N–H and O–H groups in total. The first-order valence-electron chi connectivity index (χ1n) is 6.77. The lowest BCUT2D eigenvalue weighted by Gasteiger charge is -2.34. The Kier molecular flexibility index (Phi) is 4.19. The van der Waals surface area contributed by atoms with Crippen LogP contribution in [0.4, 0.5) is 11.6 Å². The Morgan fingerprint density at radius 2 is 2.32 bits per heavy atom. The molecule has 0 spiro atoms. The van der Waals surface area contributed by atoms with Crippen LogP contribution in [0.25, 0.3) is 0 Å². The monoisotopic (exact) mass is 263 g/mol. The molecule has 1 aliphatic heterocycles. The number of carbonyl (C=O) groups is 1. The van der Waals surface area contributed by atoms with Crippen LogP contribution in [-0.4, -0.2) is 35.5 Å². The molecule has 1 aliphatic rings. The molecule has 0 saturated carbocycles. The van der Waals surface area contributed by atoms with E-state index in [4.69, 9.17) is 5.73 Å². The number of primary amides is 1. The first-order valence-corrected chi connectivity index (χ1v) is 6.77. The topological polar surface area (TPSA) is 84.1 Å². The van der Waals surface area contributed by atoms with Gasteiger partial charge >= 0.3 is 0 Å². The molecule has 104 valence electrons. The van der Waals surface area contributed by atoms with Crippen molar-refractivity contribution in [1.82, 2.24) is 9.97 Å². The number of anilines is 2. The molecule has 1 atom stereocenters. The van der Waals surface area contributed by atoms with E-state index in [9.17, 15) is 4.79 Å². The standard InChI is InChI=1S/C13H21N5O/c1-3-10-16-11(15-2)8-12(17-10)18-7-5-4-6-9(18)13(14)19/h8-9H,3-7H2,1-2H3,(H2,14,19)(H,15,16,17). The van der Waals surface area contributed by atoms with Crippen molar-refractivity contribution in [2.75, 3.05) is 23.8 Å². The molecule has 1 saturated heterocycles. The molecule has 0 aromatic carbocycles. The van der Waals surface area contributed by atoms with Crippen molar-refractivity contribution in [2.24, 2.45) is 5.73 Å². The maximum atomic E-state index is 11.6. The van der Waals surface area contributed by atoms with E-state index in [0.29, 0.717) is 0 Å². The number of aryl methyl sites for hydroxylation is 1. The second-order valence-corrected chi connectivity index (χ2v) is 4.74. The highest BCUT2D eigenvalue weighted by Crippen LogP contribution is 2.24. The molecule has 6 nitrogen and oxygen atoms in total. The highest BCUT2D eigenvalue weighted by atomic mass is 16.1. The maximum absolute atomic E-state index is 11.6. The Labute approximate surface area is 113 Å². The number of amides is 1. The molecule has 0 aliphatic carbocycles. The Balaban J connectivity index is 2.35. The van der Waals surface area contributed by atoms with Crippen LogP contribution in [0.5, 0.6) is 0 Å². The van der Waals surface area contributed by atoms with Gasteiger partial charge in [0.1, 0.15) is 23.5 Å². The number of nitrogens with two attached hydrogens (primary N) is 1. The quantitative estimate of drug-likeness (QED) is 0.844. The second-order valence-electron chi connectivity index (χ2n) is 4.74. The zero-order valence-electron chi connectivity index (χ0n) is 11.5. The number of piperidine rings is 1. The van der Waals surface area contributed by atoms with E-state index in [2.05, 4.69) is 15.3 Å². The molecular formula is C13H21N5O. The smallest absolute Gasteiger partial charge is 0.240 e. The van der Waals surface area contributed by atoms with Crippen molar-refractivity contribution in [3.63, 3.8) is 0 Å². The van der Waals surface area contributed by atoms with Gasteiger partial charge in [0, 0.05) is 26.1 Å². The Bertz CT molecular complexity index is 440. The largest absolute Gasteiger partial charge is 0.373 e. The van der Waals surface area contributed by atoms with Crippen LogP contribution >= 0.6 is 0 Å². The van der Waals surface area contributed by atoms with Gasteiger partial charge < -0.3 is 16.0 Å². The van der Waals surface area contributed by atoms with Crippen molar-refractivity contribution in [3.8, 4) is 0 Å². The maximum Gasteiger partial charge on any atom is 0.240 e. The van der Waals surface area contributed by atoms with Gasteiger partial charge in [0.05, 0.1) is 0 Å². The van der Waals surface area contributed by atoms with Gasteiger partial charge in [-0.3, -0.25) is 4.79 Å². The first kappa shape index (κ1) is 13.6. The minimum absolute atomic E-state index is 0.252. The van der Waals surface area contributed by atoms with Crippen molar-refractivity contribution in [3.05, 3.63) is 11.9 Å². The molecular weight excluding hydrogens is 242 g/mol.